The van der Waals surface area contributed by atoms with Crippen LogP contribution in [0.2, 0.25) is 0 Å². The molecule has 0 aromatic carbocycles. The molecule has 0 saturated heterocycles. The molecule has 0 rings (SSSR count). The zero-order valence-electron chi connectivity index (χ0n) is 6.15. The first-order chi connectivity index (χ1) is 4.72. The smallest absolute Gasteiger partial charge is 0.0377 e. The maximum Gasteiger partial charge on any atom is 0.0377 e. The van der Waals surface area contributed by atoms with E-state index in [1.807, 2.05) is 6.92 Å². The fraction of sp³-hybridized carbons (Fsp3) is 0.250. The van der Waals surface area contributed by atoms with Gasteiger partial charge in [0.25, 0.3) is 0 Å². The highest BCUT2D eigenvalue weighted by atomic mass is 14.4. The molecular formula is C8H12N2. The van der Waals surface area contributed by atoms with Crippen molar-refractivity contribution in [1.82, 2.24) is 0 Å². The van der Waals surface area contributed by atoms with Crippen LogP contribution in [0, 0.1) is 10.8 Å². The van der Waals surface area contributed by atoms with Crippen LogP contribution in [0.1, 0.15) is 13.3 Å². The summed E-state index contributed by atoms with van der Waals surface area (Å²) in [5.41, 5.74) is 1.21. The van der Waals surface area contributed by atoms with Crippen molar-refractivity contribution in [3.63, 3.8) is 0 Å². The van der Waals surface area contributed by atoms with E-state index in [-0.39, 0.29) is 0 Å². The summed E-state index contributed by atoms with van der Waals surface area (Å²) >= 11 is 0. The molecule has 0 aliphatic rings. The van der Waals surface area contributed by atoms with E-state index in [0.29, 0.717) is 17.7 Å². The minimum absolute atomic E-state index is 0.526. The molecule has 54 valence electrons. The third-order valence-corrected chi connectivity index (χ3v) is 1.13. The molecule has 0 radical (unpaired) electrons. The maximum absolute atomic E-state index is 7.30. The maximum atomic E-state index is 7.30. The monoisotopic (exact) mass is 136 g/mol. The van der Waals surface area contributed by atoms with E-state index in [9.17, 15) is 0 Å². The predicted octanol–water partition coefficient (Wildman–Crippen LogP) is 2.18. The van der Waals surface area contributed by atoms with Gasteiger partial charge in [0.1, 0.15) is 0 Å². The van der Waals surface area contributed by atoms with Gasteiger partial charge in [-0.15, -0.1) is 0 Å². The number of allylic oxidation sites excluding steroid dienone is 3. The summed E-state index contributed by atoms with van der Waals surface area (Å²) < 4.78 is 0. The molecular weight excluding hydrogens is 124 g/mol. The van der Waals surface area contributed by atoms with Crippen LogP contribution in [0.3, 0.4) is 0 Å². The minimum atomic E-state index is 0.526. The van der Waals surface area contributed by atoms with Crippen molar-refractivity contribution in [3.8, 4) is 0 Å². The van der Waals surface area contributed by atoms with Gasteiger partial charge in [0.2, 0.25) is 0 Å². The Labute approximate surface area is 61.3 Å². The van der Waals surface area contributed by atoms with E-state index in [0.717, 1.165) is 0 Å². The van der Waals surface area contributed by atoms with Gasteiger partial charge in [0.15, 0.2) is 0 Å². The second-order valence-corrected chi connectivity index (χ2v) is 1.88. The SMILES string of the molecule is C=C(/C=C\C=N)C(=N)CC. The van der Waals surface area contributed by atoms with Crippen LogP contribution < -0.4 is 0 Å². The van der Waals surface area contributed by atoms with Crippen LogP contribution >= 0.6 is 0 Å². The third kappa shape index (κ3) is 2.97. The highest BCUT2D eigenvalue weighted by Gasteiger charge is 1.92. The highest BCUT2D eigenvalue weighted by molar-refractivity contribution is 5.99. The fourth-order valence-corrected chi connectivity index (χ4v) is 0.492. The molecule has 2 N–H and O–H groups in total. The van der Waals surface area contributed by atoms with Gasteiger partial charge in [-0.05, 0) is 18.1 Å². The zero-order chi connectivity index (χ0) is 7.98. The van der Waals surface area contributed by atoms with E-state index in [1.54, 1.807) is 12.2 Å². The van der Waals surface area contributed by atoms with Crippen LogP contribution in [-0.2, 0) is 0 Å². The largest absolute Gasteiger partial charge is 0.309 e. The van der Waals surface area contributed by atoms with Crippen molar-refractivity contribution in [2.24, 2.45) is 0 Å². The lowest BCUT2D eigenvalue weighted by atomic mass is 10.1. The van der Waals surface area contributed by atoms with Crippen molar-refractivity contribution in [2.45, 2.75) is 13.3 Å². The van der Waals surface area contributed by atoms with Crippen LogP contribution in [0.15, 0.2) is 24.3 Å². The molecule has 0 amide bonds. The van der Waals surface area contributed by atoms with Crippen LogP contribution in [0.25, 0.3) is 0 Å². The van der Waals surface area contributed by atoms with Gasteiger partial charge in [-0.25, -0.2) is 0 Å². The lowest BCUT2D eigenvalue weighted by molar-refractivity contribution is 1.24. The number of hydrogen-bond donors (Lipinski definition) is 2. The van der Waals surface area contributed by atoms with Crippen LogP contribution in [0.4, 0.5) is 0 Å². The van der Waals surface area contributed by atoms with E-state index in [1.165, 1.54) is 6.21 Å². The molecule has 0 unspecified atom stereocenters. The number of nitrogens with one attached hydrogen (secondary N) is 2. The molecule has 0 aromatic rings. The first-order valence-corrected chi connectivity index (χ1v) is 3.16. The van der Waals surface area contributed by atoms with E-state index >= 15 is 0 Å². The van der Waals surface area contributed by atoms with Gasteiger partial charge < -0.3 is 10.8 Å². The van der Waals surface area contributed by atoms with Gasteiger partial charge in [0, 0.05) is 11.9 Å². The molecule has 2 heteroatoms. The molecule has 0 bridgehead atoms. The van der Waals surface area contributed by atoms with E-state index in [2.05, 4.69) is 6.58 Å². The molecule has 0 aromatic heterocycles. The average molecular weight is 136 g/mol. The Morgan fingerprint density at radius 2 is 2.20 bits per heavy atom. The molecule has 0 aliphatic heterocycles. The van der Waals surface area contributed by atoms with E-state index < -0.39 is 0 Å². The molecule has 10 heavy (non-hydrogen) atoms. The predicted molar refractivity (Wildman–Crippen MR) is 45.1 cm³/mol. The first kappa shape index (κ1) is 8.82. The fourth-order valence-electron chi connectivity index (χ4n) is 0.492. The Bertz CT molecular complexity index is 178. The third-order valence-electron chi connectivity index (χ3n) is 1.13. The van der Waals surface area contributed by atoms with Gasteiger partial charge in [-0.3, -0.25) is 0 Å². The molecule has 0 heterocycles. The Hall–Kier alpha value is -1.18. The lowest BCUT2D eigenvalue weighted by Gasteiger charge is -1.95. The van der Waals surface area contributed by atoms with Gasteiger partial charge >= 0.3 is 0 Å². The van der Waals surface area contributed by atoms with Crippen molar-refractivity contribution in [1.29, 1.82) is 10.8 Å². The van der Waals surface area contributed by atoms with Gasteiger partial charge in [0.05, 0.1) is 0 Å². The van der Waals surface area contributed by atoms with Crippen LogP contribution in [0.5, 0.6) is 0 Å². The van der Waals surface area contributed by atoms with E-state index in [4.69, 9.17) is 10.8 Å². The molecule has 0 saturated carbocycles. The van der Waals surface area contributed by atoms with Gasteiger partial charge in [-0.2, -0.15) is 0 Å². The Balaban J connectivity index is 3.97. The second-order valence-electron chi connectivity index (χ2n) is 1.88. The zero-order valence-corrected chi connectivity index (χ0v) is 6.15. The van der Waals surface area contributed by atoms with Crippen molar-refractivity contribution in [2.75, 3.05) is 0 Å². The molecule has 2 nitrogen and oxygen atoms in total. The Morgan fingerprint density at radius 1 is 1.60 bits per heavy atom. The summed E-state index contributed by atoms with van der Waals surface area (Å²) in [6.07, 6.45) is 5.10. The number of rotatable bonds is 4. The molecule has 0 spiro atoms. The molecule has 0 aliphatic carbocycles. The molecule has 0 atom stereocenters. The normalized spacial score (nSPS) is 9.70. The topological polar surface area (TPSA) is 47.7 Å². The summed E-state index contributed by atoms with van der Waals surface area (Å²) in [5.74, 6) is 0. The van der Waals surface area contributed by atoms with Crippen molar-refractivity contribution >= 4 is 11.9 Å². The van der Waals surface area contributed by atoms with Gasteiger partial charge in [-0.1, -0.05) is 19.6 Å². The summed E-state index contributed by atoms with van der Waals surface area (Å²) in [4.78, 5) is 0. The second kappa shape index (κ2) is 4.68. The molecule has 0 fully saturated rings. The summed E-state index contributed by atoms with van der Waals surface area (Å²) in [6.45, 7) is 5.56. The minimum Gasteiger partial charge on any atom is -0.309 e. The quantitative estimate of drug-likeness (QED) is 0.439. The van der Waals surface area contributed by atoms with Crippen molar-refractivity contribution < 1.29 is 0 Å². The summed E-state index contributed by atoms with van der Waals surface area (Å²) in [7, 11) is 0. The van der Waals surface area contributed by atoms with Crippen molar-refractivity contribution in [3.05, 3.63) is 24.3 Å². The summed E-state index contributed by atoms with van der Waals surface area (Å²) in [5, 5.41) is 14.0. The lowest BCUT2D eigenvalue weighted by Crippen LogP contribution is -1.94. The Morgan fingerprint density at radius 3 is 2.60 bits per heavy atom. The number of hydrogen-bond acceptors (Lipinski definition) is 2. The first-order valence-electron chi connectivity index (χ1n) is 3.16. The highest BCUT2D eigenvalue weighted by Crippen LogP contribution is 1.97. The Kier molecular flexibility index (Phi) is 4.12. The van der Waals surface area contributed by atoms with Crippen LogP contribution in [-0.4, -0.2) is 11.9 Å². The standard InChI is InChI=1S/C8H12N2/c1-3-8(10)7(2)5-4-6-9/h4-6,9-10H,2-3H2,1H3/b5-4-,9-6?,10-8?. The summed E-state index contributed by atoms with van der Waals surface area (Å²) in [6, 6.07) is 0. The average Bonchev–Trinajstić information content (AvgIpc) is 1.98.